The molecule has 2 unspecified atom stereocenters. The van der Waals surface area contributed by atoms with Crippen LogP contribution in [-0.4, -0.2) is 24.5 Å². The van der Waals surface area contributed by atoms with Gasteiger partial charge in [-0.15, -0.1) is 0 Å². The molecule has 0 saturated heterocycles. The van der Waals surface area contributed by atoms with E-state index in [1.807, 2.05) is 18.2 Å². The summed E-state index contributed by atoms with van der Waals surface area (Å²) in [5, 5.41) is 0. The zero-order valence-corrected chi connectivity index (χ0v) is 21.2. The molecule has 168 valence electrons. The topological polar surface area (TPSA) is 48.4 Å². The van der Waals surface area contributed by atoms with Gasteiger partial charge >= 0.3 is 0 Å². The van der Waals surface area contributed by atoms with Crippen LogP contribution in [0.2, 0.25) is 0 Å². The first kappa shape index (κ1) is 24.2. The third-order valence-electron chi connectivity index (χ3n) is 6.30. The van der Waals surface area contributed by atoms with E-state index in [2.05, 4.69) is 61.6 Å². The number of halogens is 1. The van der Waals surface area contributed by atoms with Crippen molar-refractivity contribution in [1.29, 1.82) is 0 Å². The largest absolute Gasteiger partial charge is 0.487 e. The summed E-state index contributed by atoms with van der Waals surface area (Å²) in [5.41, 5.74) is 3.35. The van der Waals surface area contributed by atoms with Gasteiger partial charge in [-0.05, 0) is 65.3 Å². The minimum atomic E-state index is 0.155. The highest BCUT2D eigenvalue weighted by Gasteiger charge is 2.34. The molecule has 1 heterocycles. The Labute approximate surface area is 200 Å². The SMILES string of the molecule is COCCC(=O)C1CCC(c2nc(C(C)C)c(OCc3ccccc3)cc2I)C[C@H]1C. The lowest BCUT2D eigenvalue weighted by Gasteiger charge is -2.34. The second kappa shape index (κ2) is 11.4. The minimum Gasteiger partial charge on any atom is -0.487 e. The number of ketones is 1. The predicted molar refractivity (Wildman–Crippen MR) is 133 cm³/mol. The summed E-state index contributed by atoms with van der Waals surface area (Å²) in [6.07, 6.45) is 3.49. The van der Waals surface area contributed by atoms with Crippen molar-refractivity contribution in [3.63, 3.8) is 0 Å². The number of ether oxygens (including phenoxy) is 2. The van der Waals surface area contributed by atoms with Crippen LogP contribution < -0.4 is 4.74 Å². The standard InChI is InChI=1S/C26H34INO3/c1-17(2)25-24(31-16-19-8-6-5-7-9-19)15-22(27)26(28-25)20-10-11-21(18(3)14-20)23(29)12-13-30-4/h5-9,15,17-18,20-21H,10-14,16H2,1-4H3/t18-,20?,21?/m1/s1. The molecule has 3 rings (SSSR count). The van der Waals surface area contributed by atoms with Gasteiger partial charge in [0.1, 0.15) is 18.1 Å². The van der Waals surface area contributed by atoms with Crippen LogP contribution in [0.25, 0.3) is 0 Å². The van der Waals surface area contributed by atoms with Crippen LogP contribution >= 0.6 is 22.6 Å². The highest BCUT2D eigenvalue weighted by atomic mass is 127. The molecule has 0 amide bonds. The number of pyridine rings is 1. The van der Waals surface area contributed by atoms with E-state index in [4.69, 9.17) is 14.5 Å². The van der Waals surface area contributed by atoms with Crippen molar-refractivity contribution in [2.24, 2.45) is 11.8 Å². The molecule has 0 bridgehead atoms. The lowest BCUT2D eigenvalue weighted by atomic mass is 9.71. The Kier molecular flexibility index (Phi) is 8.90. The molecule has 1 fully saturated rings. The van der Waals surface area contributed by atoms with Crippen molar-refractivity contribution in [3.05, 3.63) is 56.9 Å². The van der Waals surface area contributed by atoms with E-state index in [9.17, 15) is 4.79 Å². The van der Waals surface area contributed by atoms with E-state index >= 15 is 0 Å². The highest BCUT2D eigenvalue weighted by Crippen LogP contribution is 2.42. The fourth-order valence-electron chi connectivity index (χ4n) is 4.56. The molecule has 1 aromatic carbocycles. The van der Waals surface area contributed by atoms with Gasteiger partial charge in [-0.1, -0.05) is 51.1 Å². The van der Waals surface area contributed by atoms with Crippen LogP contribution in [0.15, 0.2) is 36.4 Å². The quantitative estimate of drug-likeness (QED) is 0.344. The predicted octanol–water partition coefficient (Wildman–Crippen LogP) is 6.51. The second-order valence-electron chi connectivity index (χ2n) is 8.97. The molecule has 1 aliphatic rings. The van der Waals surface area contributed by atoms with Gasteiger partial charge in [0.25, 0.3) is 0 Å². The number of aromatic nitrogens is 1. The monoisotopic (exact) mass is 535 g/mol. The summed E-state index contributed by atoms with van der Waals surface area (Å²) in [4.78, 5) is 17.7. The number of hydrogen-bond donors (Lipinski definition) is 0. The van der Waals surface area contributed by atoms with E-state index in [-0.39, 0.29) is 11.8 Å². The molecule has 3 atom stereocenters. The number of nitrogens with zero attached hydrogens (tertiary/aromatic N) is 1. The first-order valence-corrected chi connectivity index (χ1v) is 12.4. The van der Waals surface area contributed by atoms with Gasteiger partial charge in [-0.25, -0.2) is 0 Å². The van der Waals surface area contributed by atoms with Crippen molar-refractivity contribution in [2.75, 3.05) is 13.7 Å². The Morgan fingerprint density at radius 3 is 2.61 bits per heavy atom. The first-order chi connectivity index (χ1) is 14.9. The van der Waals surface area contributed by atoms with Gasteiger partial charge in [0.15, 0.2) is 0 Å². The molecule has 0 aliphatic heterocycles. The zero-order chi connectivity index (χ0) is 22.4. The van der Waals surface area contributed by atoms with Gasteiger partial charge in [0, 0.05) is 28.9 Å². The van der Waals surface area contributed by atoms with Gasteiger partial charge in [-0.3, -0.25) is 9.78 Å². The normalized spacial score (nSPS) is 21.3. The van der Waals surface area contributed by atoms with Crippen LogP contribution in [0, 0.1) is 15.4 Å². The van der Waals surface area contributed by atoms with Crippen molar-refractivity contribution in [2.45, 2.75) is 64.9 Å². The molecule has 5 heteroatoms. The third-order valence-corrected chi connectivity index (χ3v) is 7.17. The zero-order valence-electron chi connectivity index (χ0n) is 19.1. The van der Waals surface area contributed by atoms with Crippen LogP contribution in [0.3, 0.4) is 0 Å². The smallest absolute Gasteiger partial charge is 0.142 e. The van der Waals surface area contributed by atoms with Crippen molar-refractivity contribution in [3.8, 4) is 5.75 Å². The molecule has 1 aliphatic carbocycles. The maximum Gasteiger partial charge on any atom is 0.142 e. The van der Waals surface area contributed by atoms with Crippen molar-refractivity contribution >= 4 is 28.4 Å². The van der Waals surface area contributed by atoms with Gasteiger partial charge < -0.3 is 9.47 Å². The number of benzene rings is 1. The Balaban J connectivity index is 1.74. The number of hydrogen-bond acceptors (Lipinski definition) is 4. The molecule has 1 aromatic heterocycles. The number of Topliss-reactive ketones (excluding diaryl/α,β-unsaturated/α-hetero) is 1. The summed E-state index contributed by atoms with van der Waals surface area (Å²) in [6, 6.07) is 12.4. The fraction of sp³-hybridized carbons (Fsp3) is 0.538. The lowest BCUT2D eigenvalue weighted by molar-refractivity contribution is -0.126. The number of carbonyl (C=O) groups excluding carboxylic acids is 1. The molecular weight excluding hydrogens is 501 g/mol. The minimum absolute atomic E-state index is 0.155. The van der Waals surface area contributed by atoms with E-state index in [0.29, 0.717) is 37.3 Å². The maximum atomic E-state index is 12.5. The Bertz CT molecular complexity index is 868. The average molecular weight is 535 g/mol. The summed E-state index contributed by atoms with van der Waals surface area (Å²) in [6.45, 7) is 7.62. The van der Waals surface area contributed by atoms with Crippen molar-refractivity contribution < 1.29 is 14.3 Å². The Morgan fingerprint density at radius 2 is 1.97 bits per heavy atom. The third kappa shape index (κ3) is 6.28. The first-order valence-electron chi connectivity index (χ1n) is 11.3. The molecule has 0 spiro atoms. The summed E-state index contributed by atoms with van der Waals surface area (Å²) in [7, 11) is 1.65. The fourth-order valence-corrected chi connectivity index (χ4v) is 5.41. The molecule has 0 radical (unpaired) electrons. The van der Waals surface area contributed by atoms with Crippen LogP contribution in [0.1, 0.15) is 75.2 Å². The molecule has 4 nitrogen and oxygen atoms in total. The van der Waals surface area contributed by atoms with Gasteiger partial charge in [0.2, 0.25) is 0 Å². The average Bonchev–Trinajstić information content (AvgIpc) is 2.76. The maximum absolute atomic E-state index is 12.5. The summed E-state index contributed by atoms with van der Waals surface area (Å²) >= 11 is 2.40. The van der Waals surface area contributed by atoms with E-state index < -0.39 is 0 Å². The summed E-state index contributed by atoms with van der Waals surface area (Å²) < 4.78 is 12.4. The van der Waals surface area contributed by atoms with E-state index in [1.165, 1.54) is 5.69 Å². The highest BCUT2D eigenvalue weighted by molar-refractivity contribution is 14.1. The van der Waals surface area contributed by atoms with Gasteiger partial charge in [0.05, 0.1) is 18.0 Å². The Hall–Kier alpha value is -1.47. The molecule has 31 heavy (non-hydrogen) atoms. The van der Waals surface area contributed by atoms with Crippen LogP contribution in [-0.2, 0) is 16.1 Å². The number of rotatable bonds is 9. The molecular formula is C26H34INO3. The number of methoxy groups -OCH3 is 1. The van der Waals surface area contributed by atoms with E-state index in [0.717, 1.165) is 39.8 Å². The van der Waals surface area contributed by atoms with Crippen molar-refractivity contribution in [1.82, 2.24) is 4.98 Å². The van der Waals surface area contributed by atoms with Gasteiger partial charge in [-0.2, -0.15) is 0 Å². The van der Waals surface area contributed by atoms with E-state index in [1.54, 1.807) is 7.11 Å². The second-order valence-corrected chi connectivity index (χ2v) is 10.1. The number of carbonyl (C=O) groups is 1. The molecule has 2 aromatic rings. The lowest BCUT2D eigenvalue weighted by Crippen LogP contribution is -2.29. The Morgan fingerprint density at radius 1 is 1.23 bits per heavy atom. The van der Waals surface area contributed by atoms with Crippen LogP contribution in [0.4, 0.5) is 0 Å². The van der Waals surface area contributed by atoms with Crippen LogP contribution in [0.5, 0.6) is 5.75 Å². The molecule has 1 saturated carbocycles. The summed E-state index contributed by atoms with van der Waals surface area (Å²) in [5.74, 6) is 2.44. The molecule has 0 N–H and O–H groups in total.